The highest BCUT2D eigenvalue weighted by Crippen LogP contribution is 2.20. The van der Waals surface area contributed by atoms with Gasteiger partial charge < -0.3 is 4.98 Å². The molecule has 9 heteroatoms. The van der Waals surface area contributed by atoms with E-state index in [1.54, 1.807) is 6.92 Å². The third kappa shape index (κ3) is 2.15. The van der Waals surface area contributed by atoms with Gasteiger partial charge in [0.05, 0.1) is 16.8 Å². The summed E-state index contributed by atoms with van der Waals surface area (Å²) < 4.78 is 1.53. The SMILES string of the molecule is Cc1nn2c(SCc3nc4ccccc4[nH]3)nnc2[nH]c1=O. The lowest BCUT2D eigenvalue weighted by atomic mass is 10.3. The second-order valence-corrected chi connectivity index (χ2v) is 5.69. The zero-order chi connectivity index (χ0) is 15.1. The van der Waals surface area contributed by atoms with Crippen molar-refractivity contribution in [3.8, 4) is 0 Å². The predicted octanol–water partition coefficient (Wildman–Crippen LogP) is 1.29. The Hall–Kier alpha value is -2.68. The van der Waals surface area contributed by atoms with Gasteiger partial charge in [0.25, 0.3) is 11.3 Å². The van der Waals surface area contributed by atoms with E-state index in [-0.39, 0.29) is 5.56 Å². The minimum absolute atomic E-state index is 0.256. The number of imidazole rings is 1. The molecule has 3 heterocycles. The number of nitrogens with one attached hydrogen (secondary N) is 2. The van der Waals surface area contributed by atoms with Crippen molar-refractivity contribution >= 4 is 28.6 Å². The molecule has 0 unspecified atom stereocenters. The van der Waals surface area contributed by atoms with Crippen LogP contribution in [0.2, 0.25) is 0 Å². The number of thioether (sulfide) groups is 1. The van der Waals surface area contributed by atoms with E-state index < -0.39 is 0 Å². The first-order chi connectivity index (χ1) is 10.7. The Morgan fingerprint density at radius 1 is 1.23 bits per heavy atom. The van der Waals surface area contributed by atoms with Gasteiger partial charge >= 0.3 is 0 Å². The summed E-state index contributed by atoms with van der Waals surface area (Å²) in [6.07, 6.45) is 0. The number of benzene rings is 1. The van der Waals surface area contributed by atoms with Gasteiger partial charge in [0.15, 0.2) is 0 Å². The highest BCUT2D eigenvalue weighted by molar-refractivity contribution is 7.98. The monoisotopic (exact) mass is 313 g/mol. The van der Waals surface area contributed by atoms with Crippen LogP contribution in [-0.2, 0) is 5.75 Å². The molecular weight excluding hydrogens is 302 g/mol. The summed E-state index contributed by atoms with van der Waals surface area (Å²) in [7, 11) is 0. The minimum atomic E-state index is -0.256. The van der Waals surface area contributed by atoms with Crippen molar-refractivity contribution in [3.63, 3.8) is 0 Å². The molecule has 22 heavy (non-hydrogen) atoms. The molecular formula is C13H11N7OS. The van der Waals surface area contributed by atoms with Crippen LogP contribution in [-0.4, -0.2) is 34.8 Å². The number of nitrogens with zero attached hydrogens (tertiary/aromatic N) is 5. The van der Waals surface area contributed by atoms with Crippen LogP contribution in [0.15, 0.2) is 34.2 Å². The first-order valence-electron chi connectivity index (χ1n) is 6.59. The lowest BCUT2D eigenvalue weighted by Crippen LogP contribution is -2.15. The summed E-state index contributed by atoms with van der Waals surface area (Å²) in [4.78, 5) is 21.9. The van der Waals surface area contributed by atoms with E-state index in [1.807, 2.05) is 24.3 Å². The van der Waals surface area contributed by atoms with Crippen LogP contribution in [0.4, 0.5) is 0 Å². The molecule has 2 N–H and O–H groups in total. The summed E-state index contributed by atoms with van der Waals surface area (Å²) in [6, 6.07) is 7.86. The van der Waals surface area contributed by atoms with E-state index in [0.717, 1.165) is 16.9 Å². The van der Waals surface area contributed by atoms with Crippen LogP contribution in [0, 0.1) is 6.92 Å². The molecule has 0 aliphatic heterocycles. The van der Waals surface area contributed by atoms with Crippen molar-refractivity contribution in [3.05, 3.63) is 46.1 Å². The molecule has 0 saturated carbocycles. The van der Waals surface area contributed by atoms with E-state index in [9.17, 15) is 4.79 Å². The normalized spacial score (nSPS) is 11.5. The quantitative estimate of drug-likeness (QED) is 0.552. The molecule has 0 atom stereocenters. The molecule has 4 aromatic rings. The maximum atomic E-state index is 11.5. The minimum Gasteiger partial charge on any atom is -0.341 e. The van der Waals surface area contributed by atoms with Gasteiger partial charge in [-0.1, -0.05) is 23.9 Å². The van der Waals surface area contributed by atoms with Crippen molar-refractivity contribution in [1.29, 1.82) is 0 Å². The van der Waals surface area contributed by atoms with Gasteiger partial charge in [-0.25, -0.2) is 4.98 Å². The molecule has 4 rings (SSSR count). The number of rotatable bonds is 3. The maximum absolute atomic E-state index is 11.5. The standard InChI is InChI=1S/C13H11N7OS/c1-7-11(21)16-12-17-18-13(20(12)19-7)22-6-10-14-8-4-2-3-5-9(8)15-10/h2-5H,6H2,1H3,(H,14,15)(H,16,17,21). The van der Waals surface area contributed by atoms with Crippen LogP contribution in [0.25, 0.3) is 16.8 Å². The second-order valence-electron chi connectivity index (χ2n) is 4.75. The molecule has 0 bridgehead atoms. The zero-order valence-electron chi connectivity index (χ0n) is 11.6. The number of hydrogen-bond acceptors (Lipinski definition) is 6. The lowest BCUT2D eigenvalue weighted by Gasteiger charge is -1.98. The van der Waals surface area contributed by atoms with Crippen LogP contribution in [0.1, 0.15) is 11.5 Å². The van der Waals surface area contributed by atoms with Crippen molar-refractivity contribution in [2.45, 2.75) is 17.8 Å². The zero-order valence-corrected chi connectivity index (χ0v) is 12.4. The molecule has 0 radical (unpaired) electrons. The molecule has 0 spiro atoms. The predicted molar refractivity (Wildman–Crippen MR) is 81.8 cm³/mol. The van der Waals surface area contributed by atoms with Gasteiger partial charge in [0.1, 0.15) is 11.5 Å². The van der Waals surface area contributed by atoms with Crippen LogP contribution in [0.5, 0.6) is 0 Å². The molecule has 0 aliphatic rings. The fraction of sp³-hybridized carbons (Fsp3) is 0.154. The van der Waals surface area contributed by atoms with Gasteiger partial charge in [0, 0.05) is 0 Å². The van der Waals surface area contributed by atoms with E-state index in [2.05, 4.69) is 30.2 Å². The first kappa shape index (κ1) is 13.0. The van der Waals surface area contributed by atoms with E-state index >= 15 is 0 Å². The number of para-hydroxylation sites is 2. The molecule has 0 amide bonds. The first-order valence-corrected chi connectivity index (χ1v) is 7.58. The van der Waals surface area contributed by atoms with E-state index in [1.165, 1.54) is 16.3 Å². The summed E-state index contributed by atoms with van der Waals surface area (Å²) in [5.74, 6) is 1.79. The van der Waals surface area contributed by atoms with Gasteiger partial charge in [-0.3, -0.25) is 9.78 Å². The largest absolute Gasteiger partial charge is 0.341 e. The van der Waals surface area contributed by atoms with Gasteiger partial charge in [-0.2, -0.15) is 9.61 Å². The van der Waals surface area contributed by atoms with Crippen molar-refractivity contribution in [2.24, 2.45) is 0 Å². The highest BCUT2D eigenvalue weighted by Gasteiger charge is 2.11. The van der Waals surface area contributed by atoms with Gasteiger partial charge in [0.2, 0.25) is 5.16 Å². The molecule has 0 aliphatic carbocycles. The van der Waals surface area contributed by atoms with Crippen molar-refractivity contribution in [1.82, 2.24) is 34.8 Å². The molecule has 8 nitrogen and oxygen atoms in total. The molecule has 1 aromatic carbocycles. The summed E-state index contributed by atoms with van der Waals surface area (Å²) in [6.45, 7) is 1.64. The molecule has 110 valence electrons. The van der Waals surface area contributed by atoms with Gasteiger partial charge in [-0.15, -0.1) is 10.2 Å². The van der Waals surface area contributed by atoms with E-state index in [4.69, 9.17) is 0 Å². The summed E-state index contributed by atoms with van der Waals surface area (Å²) >= 11 is 1.45. The summed E-state index contributed by atoms with van der Waals surface area (Å²) in [5.41, 5.74) is 2.05. The Morgan fingerprint density at radius 3 is 2.95 bits per heavy atom. The van der Waals surface area contributed by atoms with E-state index in [0.29, 0.717) is 22.4 Å². The third-order valence-corrected chi connectivity index (χ3v) is 4.12. The molecule has 0 saturated heterocycles. The highest BCUT2D eigenvalue weighted by atomic mass is 32.2. The number of H-pyrrole nitrogens is 2. The number of aromatic amines is 2. The fourth-order valence-corrected chi connectivity index (χ4v) is 2.87. The fourth-order valence-electron chi connectivity index (χ4n) is 2.12. The van der Waals surface area contributed by atoms with Crippen LogP contribution in [0.3, 0.4) is 0 Å². The maximum Gasteiger partial charge on any atom is 0.273 e. The lowest BCUT2D eigenvalue weighted by molar-refractivity contribution is 0.769. The van der Waals surface area contributed by atoms with Crippen LogP contribution < -0.4 is 5.56 Å². The Labute approximate surface area is 128 Å². The Kier molecular flexibility index (Phi) is 2.93. The third-order valence-electron chi connectivity index (χ3n) is 3.19. The van der Waals surface area contributed by atoms with Gasteiger partial charge in [-0.05, 0) is 19.1 Å². The summed E-state index contributed by atoms with van der Waals surface area (Å²) in [5, 5.41) is 12.8. The Balaban J connectivity index is 1.63. The Bertz CT molecular complexity index is 999. The average molecular weight is 313 g/mol. The van der Waals surface area contributed by atoms with Crippen molar-refractivity contribution < 1.29 is 0 Å². The van der Waals surface area contributed by atoms with Crippen LogP contribution >= 0.6 is 11.8 Å². The molecule has 0 fully saturated rings. The smallest absolute Gasteiger partial charge is 0.273 e. The number of fused-ring (bicyclic) bond motifs is 2. The number of aromatic nitrogens is 7. The number of aryl methyl sites for hydroxylation is 1. The van der Waals surface area contributed by atoms with Crippen molar-refractivity contribution in [2.75, 3.05) is 0 Å². The Morgan fingerprint density at radius 2 is 2.09 bits per heavy atom. The number of hydrogen-bond donors (Lipinski definition) is 2. The topological polar surface area (TPSA) is 105 Å². The average Bonchev–Trinajstić information content (AvgIpc) is 3.09. The molecule has 3 aromatic heterocycles. The second kappa shape index (κ2) is 4.95.